The van der Waals surface area contributed by atoms with Crippen molar-refractivity contribution in [3.8, 4) is 0 Å². The van der Waals surface area contributed by atoms with Crippen molar-refractivity contribution in [3.63, 3.8) is 0 Å². The molecule has 0 aliphatic carbocycles. The molecule has 1 aliphatic rings. The van der Waals surface area contributed by atoms with Crippen molar-refractivity contribution in [3.05, 3.63) is 57.8 Å². The second-order valence-corrected chi connectivity index (χ2v) is 8.73. The van der Waals surface area contributed by atoms with Crippen LogP contribution in [0.25, 0.3) is 0 Å². The smallest absolute Gasteiger partial charge is 0.253 e. The largest absolute Gasteiger partial charge is 0.354 e. The lowest BCUT2D eigenvalue weighted by Crippen LogP contribution is -2.42. The van der Waals surface area contributed by atoms with Crippen LogP contribution >= 0.6 is 11.3 Å². The van der Waals surface area contributed by atoms with Crippen LogP contribution in [0.15, 0.2) is 46.8 Å². The molecule has 0 radical (unpaired) electrons. The van der Waals surface area contributed by atoms with E-state index in [-0.39, 0.29) is 5.91 Å². The van der Waals surface area contributed by atoms with E-state index in [2.05, 4.69) is 38.0 Å². The average molecular weight is 442 g/mol. The van der Waals surface area contributed by atoms with Gasteiger partial charge in [-0.25, -0.2) is 0 Å². The fourth-order valence-corrected chi connectivity index (χ4v) is 4.86. The van der Waals surface area contributed by atoms with Crippen molar-refractivity contribution in [1.82, 2.24) is 20.4 Å². The van der Waals surface area contributed by atoms with E-state index in [1.165, 1.54) is 17.7 Å². The van der Waals surface area contributed by atoms with Gasteiger partial charge in [0.1, 0.15) is 0 Å². The van der Waals surface area contributed by atoms with Crippen molar-refractivity contribution >= 4 is 23.2 Å². The zero-order valence-electron chi connectivity index (χ0n) is 18.9. The molecule has 1 aliphatic heterocycles. The zero-order chi connectivity index (χ0) is 22.1. The zero-order valence-corrected chi connectivity index (χ0v) is 19.8. The molecule has 1 aromatic heterocycles. The third kappa shape index (κ3) is 6.31. The number of benzene rings is 1. The minimum absolute atomic E-state index is 0.0866. The fraction of sp³-hybridized carbons (Fsp3) is 0.500. The van der Waals surface area contributed by atoms with Crippen LogP contribution in [-0.4, -0.2) is 61.4 Å². The van der Waals surface area contributed by atoms with Gasteiger partial charge >= 0.3 is 0 Å². The highest BCUT2D eigenvalue weighted by molar-refractivity contribution is 7.10. The number of thiophene rings is 1. The summed E-state index contributed by atoms with van der Waals surface area (Å²) in [6.07, 6.45) is 2.56. The Balaban J connectivity index is 1.53. The standard InChI is InChI=1S/C24H35N5OS/c1-4-28(5-2)23(30)20-12-10-19(11-13-20)17-26-24(25-3)27-18-21(22-9-8-16-31-22)29-14-6-7-15-29/h8-13,16,21H,4-7,14-15,17-18H2,1-3H3,(H2,25,26,27). The van der Waals surface area contributed by atoms with E-state index in [0.717, 1.165) is 49.8 Å². The van der Waals surface area contributed by atoms with Gasteiger partial charge in [0, 0.05) is 43.7 Å². The summed E-state index contributed by atoms with van der Waals surface area (Å²) in [5, 5.41) is 9.06. The van der Waals surface area contributed by atoms with Crippen molar-refractivity contribution < 1.29 is 4.79 Å². The molecule has 1 fully saturated rings. The molecule has 1 saturated heterocycles. The summed E-state index contributed by atoms with van der Waals surface area (Å²) in [4.78, 5) is 22.7. The van der Waals surface area contributed by atoms with Gasteiger partial charge < -0.3 is 15.5 Å². The first-order valence-corrected chi connectivity index (χ1v) is 12.1. The van der Waals surface area contributed by atoms with Crippen LogP contribution in [0.3, 0.4) is 0 Å². The Hall–Kier alpha value is -2.38. The summed E-state index contributed by atoms with van der Waals surface area (Å²) in [5.41, 5.74) is 1.85. The molecule has 1 unspecified atom stereocenters. The number of aliphatic imine (C=N–C) groups is 1. The number of rotatable bonds is 9. The summed E-state index contributed by atoms with van der Waals surface area (Å²) in [7, 11) is 1.80. The number of likely N-dealkylation sites (tertiary alicyclic amines) is 1. The summed E-state index contributed by atoms with van der Waals surface area (Å²) < 4.78 is 0. The molecule has 31 heavy (non-hydrogen) atoms. The number of carbonyl (C=O) groups is 1. The van der Waals surface area contributed by atoms with E-state index in [1.807, 2.05) is 54.3 Å². The van der Waals surface area contributed by atoms with E-state index in [1.54, 1.807) is 7.05 Å². The highest BCUT2D eigenvalue weighted by Crippen LogP contribution is 2.27. The Morgan fingerprint density at radius 3 is 2.42 bits per heavy atom. The first-order chi connectivity index (χ1) is 15.2. The van der Waals surface area contributed by atoms with Crippen LogP contribution in [0.5, 0.6) is 0 Å². The summed E-state index contributed by atoms with van der Waals surface area (Å²) in [5.74, 6) is 0.882. The average Bonchev–Trinajstić information content (AvgIpc) is 3.52. The molecule has 2 N–H and O–H groups in total. The molecule has 0 spiro atoms. The summed E-state index contributed by atoms with van der Waals surface area (Å²) in [6, 6.07) is 12.6. The van der Waals surface area contributed by atoms with E-state index in [0.29, 0.717) is 12.6 Å². The molecular formula is C24H35N5OS. The van der Waals surface area contributed by atoms with Crippen LogP contribution in [-0.2, 0) is 6.54 Å². The minimum atomic E-state index is 0.0866. The van der Waals surface area contributed by atoms with Gasteiger partial charge in [-0.3, -0.25) is 14.7 Å². The topological polar surface area (TPSA) is 60.0 Å². The highest BCUT2D eigenvalue weighted by atomic mass is 32.1. The van der Waals surface area contributed by atoms with Gasteiger partial charge in [-0.05, 0) is 68.9 Å². The van der Waals surface area contributed by atoms with Gasteiger partial charge in [0.05, 0.1) is 6.04 Å². The van der Waals surface area contributed by atoms with Gasteiger partial charge in [0.25, 0.3) is 5.91 Å². The van der Waals surface area contributed by atoms with Crippen LogP contribution in [0.4, 0.5) is 0 Å². The van der Waals surface area contributed by atoms with E-state index in [4.69, 9.17) is 0 Å². The first-order valence-electron chi connectivity index (χ1n) is 11.3. The fourth-order valence-electron chi connectivity index (χ4n) is 4.00. The molecule has 1 atom stereocenters. The van der Waals surface area contributed by atoms with Crippen molar-refractivity contribution in [2.24, 2.45) is 4.99 Å². The number of amides is 1. The summed E-state index contributed by atoms with van der Waals surface area (Å²) >= 11 is 1.82. The monoisotopic (exact) mass is 441 g/mol. The Bertz CT molecular complexity index is 824. The lowest BCUT2D eigenvalue weighted by molar-refractivity contribution is 0.0773. The Morgan fingerprint density at radius 2 is 1.84 bits per heavy atom. The molecule has 1 aromatic carbocycles. The molecule has 3 rings (SSSR count). The van der Waals surface area contributed by atoms with Crippen molar-refractivity contribution in [2.45, 2.75) is 39.3 Å². The predicted octanol–water partition coefficient (Wildman–Crippen LogP) is 3.73. The SMILES string of the molecule is CCN(CC)C(=O)c1ccc(CNC(=NC)NCC(c2cccs2)N2CCCC2)cc1. The summed E-state index contributed by atoms with van der Waals surface area (Å²) in [6.45, 7) is 9.28. The normalized spacial score (nSPS) is 15.6. The Kier molecular flexibility index (Phi) is 8.91. The lowest BCUT2D eigenvalue weighted by Gasteiger charge is -2.27. The lowest BCUT2D eigenvalue weighted by atomic mass is 10.1. The van der Waals surface area contributed by atoms with E-state index < -0.39 is 0 Å². The molecule has 6 nitrogen and oxygen atoms in total. The Morgan fingerprint density at radius 1 is 1.13 bits per heavy atom. The van der Waals surface area contributed by atoms with Crippen molar-refractivity contribution in [1.29, 1.82) is 0 Å². The number of carbonyl (C=O) groups excluding carboxylic acids is 1. The van der Waals surface area contributed by atoms with Gasteiger partial charge in [0.2, 0.25) is 0 Å². The maximum Gasteiger partial charge on any atom is 0.253 e. The second-order valence-electron chi connectivity index (χ2n) is 7.76. The molecule has 1 amide bonds. The molecule has 168 valence electrons. The quantitative estimate of drug-likeness (QED) is 0.460. The maximum absolute atomic E-state index is 12.5. The van der Waals surface area contributed by atoms with Crippen LogP contribution < -0.4 is 10.6 Å². The Labute approximate surface area is 190 Å². The van der Waals surface area contributed by atoms with Crippen LogP contribution in [0, 0.1) is 0 Å². The van der Waals surface area contributed by atoms with E-state index in [9.17, 15) is 4.79 Å². The predicted molar refractivity (Wildman–Crippen MR) is 130 cm³/mol. The van der Waals surface area contributed by atoms with E-state index >= 15 is 0 Å². The van der Waals surface area contributed by atoms with Crippen LogP contribution in [0.1, 0.15) is 53.5 Å². The molecule has 0 bridgehead atoms. The number of nitrogens with zero attached hydrogens (tertiary/aromatic N) is 3. The number of hydrogen-bond donors (Lipinski definition) is 2. The van der Waals surface area contributed by atoms with Crippen LogP contribution in [0.2, 0.25) is 0 Å². The first kappa shape index (κ1) is 23.3. The van der Waals surface area contributed by atoms with Gasteiger partial charge in [-0.1, -0.05) is 18.2 Å². The van der Waals surface area contributed by atoms with Gasteiger partial charge in [-0.2, -0.15) is 0 Å². The van der Waals surface area contributed by atoms with Gasteiger partial charge in [-0.15, -0.1) is 11.3 Å². The molecule has 2 heterocycles. The van der Waals surface area contributed by atoms with Crippen molar-refractivity contribution in [2.75, 3.05) is 39.8 Å². The second kappa shape index (κ2) is 11.9. The molecule has 0 saturated carbocycles. The third-order valence-corrected chi connectivity index (χ3v) is 6.82. The molecular weight excluding hydrogens is 406 g/mol. The molecule has 7 heteroatoms. The highest BCUT2D eigenvalue weighted by Gasteiger charge is 2.24. The third-order valence-electron chi connectivity index (χ3n) is 5.85. The number of guanidine groups is 1. The minimum Gasteiger partial charge on any atom is -0.354 e. The maximum atomic E-state index is 12.5. The molecule has 2 aromatic rings. The van der Waals surface area contributed by atoms with Gasteiger partial charge in [0.15, 0.2) is 5.96 Å². The number of hydrogen-bond acceptors (Lipinski definition) is 4. The number of nitrogens with one attached hydrogen (secondary N) is 2.